The molecule has 2 bridgehead atoms. The second kappa shape index (κ2) is 7.25. The summed E-state index contributed by atoms with van der Waals surface area (Å²) in [6.45, 7) is 0.856. The van der Waals surface area contributed by atoms with Crippen molar-refractivity contribution >= 4 is 5.97 Å². The van der Waals surface area contributed by atoms with Gasteiger partial charge in [0.25, 0.3) is 0 Å². The Hall–Kier alpha value is -3.05. The third-order valence-electron chi connectivity index (χ3n) is 8.87. The smallest absolute Gasteiger partial charge is 0.338 e. The summed E-state index contributed by atoms with van der Waals surface area (Å²) in [4.78, 5) is 13.2. The minimum atomic E-state index is -1.44. The van der Waals surface area contributed by atoms with Crippen molar-refractivity contribution in [2.45, 2.75) is 54.3 Å². The highest BCUT2D eigenvalue weighted by Gasteiger charge is 2.81. The summed E-state index contributed by atoms with van der Waals surface area (Å²) in [6, 6.07) is 8.22. The maximum absolute atomic E-state index is 13.2. The van der Waals surface area contributed by atoms with Crippen LogP contribution in [-0.4, -0.2) is 67.3 Å². The molecule has 1 saturated carbocycles. The van der Waals surface area contributed by atoms with Gasteiger partial charge in [-0.15, -0.1) is 0 Å². The van der Waals surface area contributed by atoms with Crippen molar-refractivity contribution < 1.29 is 43.4 Å². The average molecular weight is 498 g/mol. The lowest BCUT2D eigenvalue weighted by molar-refractivity contribution is -0.322. The van der Waals surface area contributed by atoms with Crippen LogP contribution in [0, 0.1) is 0 Å². The number of hydrogen-bond donors (Lipinski definition) is 3. The summed E-state index contributed by atoms with van der Waals surface area (Å²) < 4.78 is 35.1. The van der Waals surface area contributed by atoms with Crippen molar-refractivity contribution in [2.24, 2.45) is 0 Å². The molecule has 2 aromatic rings. The molecule has 3 aliphatic heterocycles. The zero-order valence-electron chi connectivity index (χ0n) is 19.9. The summed E-state index contributed by atoms with van der Waals surface area (Å²) in [5.74, 6) is -0.665. The number of phenolic OH excluding ortho intramolecular Hbond substituents is 1. The molecule has 3 fully saturated rings. The maximum Gasteiger partial charge on any atom is 0.338 e. The molecule has 36 heavy (non-hydrogen) atoms. The molecule has 1 spiro atoms. The van der Waals surface area contributed by atoms with E-state index in [0.29, 0.717) is 30.9 Å². The van der Waals surface area contributed by atoms with E-state index in [2.05, 4.69) is 5.32 Å². The van der Waals surface area contributed by atoms with E-state index in [1.165, 1.54) is 32.4 Å². The summed E-state index contributed by atoms with van der Waals surface area (Å²) in [5, 5.41) is 25.2. The van der Waals surface area contributed by atoms with Gasteiger partial charge in [-0.05, 0) is 60.8 Å². The van der Waals surface area contributed by atoms with Gasteiger partial charge >= 0.3 is 5.97 Å². The zero-order valence-corrected chi connectivity index (χ0v) is 19.9. The highest BCUT2D eigenvalue weighted by Crippen LogP contribution is 2.70. The Kier molecular flexibility index (Phi) is 4.47. The molecule has 5 aliphatic rings. The first-order valence-corrected chi connectivity index (χ1v) is 12.1. The molecule has 10 heteroatoms. The number of aliphatic hydroxyl groups is 1. The fraction of sp³-hybridized carbons (Fsp3) is 0.500. The minimum Gasteiger partial charge on any atom is -0.504 e. The number of carbonyl (C=O) groups excluding carboxylic acids is 1. The van der Waals surface area contributed by atoms with E-state index in [0.717, 1.165) is 17.5 Å². The Labute approximate surface area is 207 Å². The second-order valence-corrected chi connectivity index (χ2v) is 10.1. The molecule has 2 saturated heterocycles. The number of phenols is 1. The number of aromatic hydroxyl groups is 1. The number of ether oxygens (including phenoxy) is 6. The van der Waals surface area contributed by atoms with Crippen LogP contribution in [0.5, 0.6) is 23.0 Å². The third kappa shape index (κ3) is 2.47. The number of aliphatic hydroxyl groups excluding tert-OH is 1. The van der Waals surface area contributed by atoms with Crippen LogP contribution in [0.1, 0.15) is 46.9 Å². The fourth-order valence-corrected chi connectivity index (χ4v) is 7.41. The summed E-state index contributed by atoms with van der Waals surface area (Å²) >= 11 is 0. The van der Waals surface area contributed by atoms with E-state index in [-0.39, 0.29) is 30.0 Å². The molecule has 10 nitrogen and oxygen atoms in total. The van der Waals surface area contributed by atoms with Crippen LogP contribution in [0.2, 0.25) is 0 Å². The van der Waals surface area contributed by atoms with Crippen LogP contribution < -0.4 is 19.5 Å². The van der Waals surface area contributed by atoms with Gasteiger partial charge in [0.15, 0.2) is 23.0 Å². The van der Waals surface area contributed by atoms with Crippen LogP contribution in [0.25, 0.3) is 0 Å². The van der Waals surface area contributed by atoms with Crippen molar-refractivity contribution in [1.82, 2.24) is 5.32 Å². The Bertz CT molecular complexity index is 1280. The summed E-state index contributed by atoms with van der Waals surface area (Å²) in [6.07, 6.45) is -0.771. The van der Waals surface area contributed by atoms with E-state index >= 15 is 0 Å². The lowest BCUT2D eigenvalue weighted by Gasteiger charge is -2.59. The van der Waals surface area contributed by atoms with E-state index in [4.69, 9.17) is 28.4 Å². The van der Waals surface area contributed by atoms with Gasteiger partial charge in [0.05, 0.1) is 24.3 Å². The molecule has 6 atom stereocenters. The SMILES string of the molecule is COc1cc(C(=O)O[C@H]2C[C@]34CCN[C@@]35C[C@@H](O[C@@]5(OC)[C@H]2O)c2cc3c(cc24)OCO3)ccc1O. The van der Waals surface area contributed by atoms with Crippen LogP contribution in [0.3, 0.4) is 0 Å². The first kappa shape index (κ1) is 22.2. The highest BCUT2D eigenvalue weighted by atomic mass is 16.7. The number of nitrogens with one attached hydrogen (secondary N) is 1. The lowest BCUT2D eigenvalue weighted by Crippen LogP contribution is -2.77. The quantitative estimate of drug-likeness (QED) is 0.540. The van der Waals surface area contributed by atoms with Gasteiger partial charge in [-0.2, -0.15) is 0 Å². The van der Waals surface area contributed by atoms with Crippen LogP contribution >= 0.6 is 0 Å². The molecule has 0 unspecified atom stereocenters. The van der Waals surface area contributed by atoms with E-state index in [1.54, 1.807) is 0 Å². The number of methoxy groups -OCH3 is 2. The third-order valence-corrected chi connectivity index (χ3v) is 8.87. The first-order valence-electron chi connectivity index (χ1n) is 12.1. The molecular formula is C26H27NO9. The van der Waals surface area contributed by atoms with Crippen molar-refractivity contribution in [2.75, 3.05) is 27.6 Å². The molecule has 190 valence electrons. The molecule has 0 radical (unpaired) electrons. The number of hydrogen-bond acceptors (Lipinski definition) is 10. The first-order chi connectivity index (χ1) is 17.4. The minimum absolute atomic E-state index is 0.0857. The predicted molar refractivity (Wildman–Crippen MR) is 122 cm³/mol. The molecule has 0 aromatic heterocycles. The predicted octanol–water partition coefficient (Wildman–Crippen LogP) is 1.91. The Balaban J connectivity index is 1.33. The van der Waals surface area contributed by atoms with Crippen molar-refractivity contribution in [1.29, 1.82) is 0 Å². The molecule has 7 rings (SSSR count). The highest BCUT2D eigenvalue weighted by molar-refractivity contribution is 5.90. The number of benzene rings is 2. The van der Waals surface area contributed by atoms with Gasteiger partial charge in [-0.3, -0.25) is 0 Å². The van der Waals surface area contributed by atoms with E-state index in [9.17, 15) is 15.0 Å². The Morgan fingerprint density at radius 3 is 2.72 bits per heavy atom. The van der Waals surface area contributed by atoms with Crippen LogP contribution in [0.4, 0.5) is 0 Å². The summed E-state index contributed by atoms with van der Waals surface area (Å²) in [7, 11) is 2.93. The van der Waals surface area contributed by atoms with Gasteiger partial charge < -0.3 is 44.0 Å². The van der Waals surface area contributed by atoms with Crippen molar-refractivity contribution in [3.05, 3.63) is 47.0 Å². The van der Waals surface area contributed by atoms with Gasteiger partial charge in [0.2, 0.25) is 12.6 Å². The van der Waals surface area contributed by atoms with Crippen molar-refractivity contribution in [3.8, 4) is 23.0 Å². The van der Waals surface area contributed by atoms with Gasteiger partial charge in [0.1, 0.15) is 12.2 Å². The zero-order chi connectivity index (χ0) is 24.9. The number of rotatable bonds is 4. The number of esters is 1. The second-order valence-electron chi connectivity index (χ2n) is 10.1. The molecule has 3 heterocycles. The van der Waals surface area contributed by atoms with Crippen LogP contribution in [-0.2, 0) is 19.6 Å². The largest absolute Gasteiger partial charge is 0.504 e. The molecular weight excluding hydrogens is 470 g/mol. The molecule has 0 amide bonds. The van der Waals surface area contributed by atoms with Gasteiger partial charge in [-0.25, -0.2) is 4.79 Å². The number of fused-ring (bicyclic) bond motifs is 4. The summed E-state index contributed by atoms with van der Waals surface area (Å²) in [5.41, 5.74) is 0.988. The Morgan fingerprint density at radius 2 is 1.94 bits per heavy atom. The molecule has 2 aromatic carbocycles. The Morgan fingerprint density at radius 1 is 1.14 bits per heavy atom. The standard InChI is InChI=1S/C26H27NO9/c1-31-17-7-13(3-4-16(17)28)23(30)35-21-10-24-5-6-27-25(24)11-20(36-26(25,32-2)22(21)29)14-8-18-19(9-15(14)24)34-12-33-18/h3-4,7-9,20-22,27-29H,5-6,10-12H2,1-2H3/t20-,21+,22+,24+,25+,26+/m1/s1. The lowest BCUT2D eigenvalue weighted by atomic mass is 9.51. The average Bonchev–Trinajstić information content (AvgIpc) is 3.59. The topological polar surface area (TPSA) is 125 Å². The van der Waals surface area contributed by atoms with Gasteiger partial charge in [-0.1, -0.05) is 0 Å². The normalized spacial score (nSPS) is 36.8. The number of carbonyl (C=O) groups is 1. The van der Waals surface area contributed by atoms with E-state index < -0.39 is 34.9 Å². The molecule has 3 N–H and O–H groups in total. The van der Waals surface area contributed by atoms with E-state index in [1.807, 2.05) is 12.1 Å². The van der Waals surface area contributed by atoms with Crippen molar-refractivity contribution in [3.63, 3.8) is 0 Å². The van der Waals surface area contributed by atoms with Crippen LogP contribution in [0.15, 0.2) is 30.3 Å². The molecule has 2 aliphatic carbocycles. The monoisotopic (exact) mass is 497 g/mol. The van der Waals surface area contributed by atoms with Gasteiger partial charge in [0, 0.05) is 18.9 Å². The maximum atomic E-state index is 13.2. The fourth-order valence-electron chi connectivity index (χ4n) is 7.41.